The van der Waals surface area contributed by atoms with E-state index in [1.54, 1.807) is 26.1 Å². The molecule has 1 saturated heterocycles. The van der Waals surface area contributed by atoms with E-state index in [1.165, 1.54) is 22.3 Å². The molecule has 27 heavy (non-hydrogen) atoms. The smallest absolute Gasteiger partial charge is 0.325 e. The molecule has 1 fully saturated rings. The molecule has 0 spiro atoms. The highest BCUT2D eigenvalue weighted by molar-refractivity contribution is 7.09. The van der Waals surface area contributed by atoms with Crippen molar-refractivity contribution in [1.29, 1.82) is 0 Å². The van der Waals surface area contributed by atoms with E-state index in [1.807, 2.05) is 17.5 Å². The number of rotatable bonds is 5. The molecule has 9 heteroatoms. The highest BCUT2D eigenvalue weighted by Gasteiger charge is 2.49. The van der Waals surface area contributed by atoms with Crippen molar-refractivity contribution in [3.63, 3.8) is 0 Å². The molecule has 0 radical (unpaired) electrons. The molecule has 4 amide bonds. The number of carbonyl (C=O) groups excluding carboxylic acids is 3. The summed E-state index contributed by atoms with van der Waals surface area (Å²) in [7, 11) is 1.64. The lowest BCUT2D eigenvalue weighted by Crippen LogP contribution is -2.43. The molecule has 1 unspecified atom stereocenters. The lowest BCUT2D eigenvalue weighted by atomic mass is 9.92. The SMILES string of the molecule is CN(Cc1cccs1)C(=O)CN1C(=O)NC(C)(c2ccc(Cl)c(Cl)c2)C1=O. The Morgan fingerprint density at radius 2 is 2.00 bits per heavy atom. The Hall–Kier alpha value is -2.09. The van der Waals surface area contributed by atoms with Gasteiger partial charge in [0.15, 0.2) is 0 Å². The summed E-state index contributed by atoms with van der Waals surface area (Å²) < 4.78 is 0. The number of benzene rings is 1. The van der Waals surface area contributed by atoms with Crippen LogP contribution in [0.5, 0.6) is 0 Å². The Morgan fingerprint density at radius 3 is 2.63 bits per heavy atom. The Labute approximate surface area is 170 Å². The number of hydrogen-bond acceptors (Lipinski definition) is 4. The van der Waals surface area contributed by atoms with Gasteiger partial charge in [-0.05, 0) is 36.1 Å². The Bertz CT molecular complexity index is 903. The summed E-state index contributed by atoms with van der Waals surface area (Å²) in [6.45, 7) is 1.67. The van der Waals surface area contributed by atoms with Crippen molar-refractivity contribution >= 4 is 52.4 Å². The number of thiophene rings is 1. The monoisotopic (exact) mass is 425 g/mol. The van der Waals surface area contributed by atoms with Crippen molar-refractivity contribution < 1.29 is 14.4 Å². The fraction of sp³-hybridized carbons (Fsp3) is 0.278. The molecule has 142 valence electrons. The van der Waals surface area contributed by atoms with E-state index in [4.69, 9.17) is 23.2 Å². The third-order valence-electron chi connectivity index (χ3n) is 4.46. The van der Waals surface area contributed by atoms with Crippen LogP contribution in [-0.2, 0) is 21.7 Å². The molecule has 1 aliphatic heterocycles. The van der Waals surface area contributed by atoms with Crippen molar-refractivity contribution in [2.45, 2.75) is 19.0 Å². The summed E-state index contributed by atoms with van der Waals surface area (Å²) in [5.74, 6) is -0.839. The van der Waals surface area contributed by atoms with Crippen LogP contribution >= 0.6 is 34.5 Å². The minimum atomic E-state index is -1.31. The summed E-state index contributed by atoms with van der Waals surface area (Å²) in [5, 5.41) is 5.20. The molecule has 0 aliphatic carbocycles. The van der Waals surface area contributed by atoms with E-state index >= 15 is 0 Å². The van der Waals surface area contributed by atoms with E-state index in [0.717, 1.165) is 9.78 Å². The van der Waals surface area contributed by atoms with Crippen molar-refractivity contribution in [3.8, 4) is 0 Å². The lowest BCUT2D eigenvalue weighted by molar-refractivity contribution is -0.138. The van der Waals surface area contributed by atoms with Crippen LogP contribution in [0.4, 0.5) is 4.79 Å². The summed E-state index contributed by atoms with van der Waals surface area (Å²) >= 11 is 13.5. The molecule has 6 nitrogen and oxygen atoms in total. The van der Waals surface area contributed by atoms with E-state index < -0.39 is 17.5 Å². The van der Waals surface area contributed by atoms with Gasteiger partial charge in [-0.3, -0.25) is 14.5 Å². The second kappa shape index (κ2) is 7.50. The maximum absolute atomic E-state index is 12.9. The van der Waals surface area contributed by atoms with Crippen molar-refractivity contribution in [2.24, 2.45) is 0 Å². The van der Waals surface area contributed by atoms with Crippen LogP contribution in [0.1, 0.15) is 17.4 Å². The third-order valence-corrected chi connectivity index (χ3v) is 6.06. The highest BCUT2D eigenvalue weighted by atomic mass is 35.5. The first kappa shape index (κ1) is 19.7. The van der Waals surface area contributed by atoms with Gasteiger partial charge in [-0.2, -0.15) is 0 Å². The number of carbonyl (C=O) groups is 3. The first-order chi connectivity index (χ1) is 12.7. The average Bonchev–Trinajstić information content (AvgIpc) is 3.20. The molecule has 3 rings (SSSR count). The van der Waals surface area contributed by atoms with Gasteiger partial charge < -0.3 is 10.2 Å². The Morgan fingerprint density at radius 1 is 1.26 bits per heavy atom. The van der Waals surface area contributed by atoms with Crippen LogP contribution in [-0.4, -0.2) is 41.2 Å². The van der Waals surface area contributed by atoms with Crippen LogP contribution in [0.15, 0.2) is 35.7 Å². The topological polar surface area (TPSA) is 69.7 Å². The molecule has 1 atom stereocenters. The number of imide groups is 1. The maximum Gasteiger partial charge on any atom is 0.325 e. The first-order valence-corrected chi connectivity index (χ1v) is 9.72. The molecule has 0 bridgehead atoms. The minimum Gasteiger partial charge on any atom is -0.339 e. The molecule has 2 heterocycles. The maximum atomic E-state index is 12.9. The highest BCUT2D eigenvalue weighted by Crippen LogP contribution is 2.33. The molecule has 1 aromatic heterocycles. The first-order valence-electron chi connectivity index (χ1n) is 8.08. The molecular weight excluding hydrogens is 409 g/mol. The molecule has 1 N–H and O–H groups in total. The molecule has 1 aromatic carbocycles. The van der Waals surface area contributed by atoms with Gasteiger partial charge in [0.25, 0.3) is 5.91 Å². The summed E-state index contributed by atoms with van der Waals surface area (Å²) in [5.41, 5.74) is -0.810. The Kier molecular flexibility index (Phi) is 5.46. The molecule has 2 aromatic rings. The van der Waals surface area contributed by atoms with E-state index in [9.17, 15) is 14.4 Å². The van der Waals surface area contributed by atoms with Crippen LogP contribution in [0.3, 0.4) is 0 Å². The van der Waals surface area contributed by atoms with E-state index in [0.29, 0.717) is 17.1 Å². The molecule has 1 aliphatic rings. The number of nitrogens with zero attached hydrogens (tertiary/aromatic N) is 2. The van der Waals surface area contributed by atoms with Crippen molar-refractivity contribution in [2.75, 3.05) is 13.6 Å². The zero-order valence-corrected chi connectivity index (χ0v) is 17.0. The normalized spacial score (nSPS) is 19.3. The van der Waals surface area contributed by atoms with Gasteiger partial charge in [0, 0.05) is 11.9 Å². The van der Waals surface area contributed by atoms with Gasteiger partial charge >= 0.3 is 6.03 Å². The number of halogens is 2. The standard InChI is InChI=1S/C18H17Cl2N3O3S/c1-18(11-5-6-13(19)14(20)8-11)16(25)23(17(26)21-18)10-15(24)22(2)9-12-4-3-7-27-12/h3-8H,9-10H2,1-2H3,(H,21,26). The predicted octanol–water partition coefficient (Wildman–Crippen LogP) is 3.48. The van der Waals surface area contributed by atoms with Crippen molar-refractivity contribution in [3.05, 3.63) is 56.2 Å². The van der Waals surface area contributed by atoms with Crippen LogP contribution < -0.4 is 5.32 Å². The fourth-order valence-electron chi connectivity index (χ4n) is 2.82. The summed E-state index contributed by atoms with van der Waals surface area (Å²) in [4.78, 5) is 41.2. The number of likely N-dealkylation sites (N-methyl/N-ethyl adjacent to an activating group) is 1. The second-order valence-electron chi connectivity index (χ2n) is 6.40. The van der Waals surface area contributed by atoms with Gasteiger partial charge in [0.2, 0.25) is 5.91 Å². The predicted molar refractivity (Wildman–Crippen MR) is 105 cm³/mol. The lowest BCUT2D eigenvalue weighted by Gasteiger charge is -2.23. The second-order valence-corrected chi connectivity index (χ2v) is 8.25. The molecule has 0 saturated carbocycles. The number of amides is 4. The fourth-order valence-corrected chi connectivity index (χ4v) is 3.88. The summed E-state index contributed by atoms with van der Waals surface area (Å²) in [6.07, 6.45) is 0. The van der Waals surface area contributed by atoms with Gasteiger partial charge in [-0.25, -0.2) is 4.79 Å². The zero-order chi connectivity index (χ0) is 19.8. The number of hydrogen-bond donors (Lipinski definition) is 1. The zero-order valence-electron chi connectivity index (χ0n) is 14.7. The quantitative estimate of drug-likeness (QED) is 0.745. The Balaban J connectivity index is 1.75. The van der Waals surface area contributed by atoms with Gasteiger partial charge in [0.1, 0.15) is 12.1 Å². The van der Waals surface area contributed by atoms with E-state index in [-0.39, 0.29) is 17.5 Å². The van der Waals surface area contributed by atoms with Crippen LogP contribution in [0, 0.1) is 0 Å². The van der Waals surface area contributed by atoms with Gasteiger partial charge in [-0.15, -0.1) is 11.3 Å². The van der Waals surface area contributed by atoms with E-state index in [2.05, 4.69) is 5.32 Å². The number of nitrogens with one attached hydrogen (secondary N) is 1. The van der Waals surface area contributed by atoms with Gasteiger partial charge in [-0.1, -0.05) is 35.3 Å². The van der Waals surface area contributed by atoms with Crippen LogP contribution in [0.2, 0.25) is 10.0 Å². The minimum absolute atomic E-state index is 0.280. The third kappa shape index (κ3) is 3.81. The number of urea groups is 1. The van der Waals surface area contributed by atoms with Crippen molar-refractivity contribution in [1.82, 2.24) is 15.1 Å². The van der Waals surface area contributed by atoms with Crippen LogP contribution in [0.25, 0.3) is 0 Å². The summed E-state index contributed by atoms with van der Waals surface area (Å²) in [6, 6.07) is 7.93. The average molecular weight is 426 g/mol. The van der Waals surface area contributed by atoms with Gasteiger partial charge in [0.05, 0.1) is 16.6 Å². The largest absolute Gasteiger partial charge is 0.339 e. The molecular formula is C18H17Cl2N3O3S.